The minimum Gasteiger partial charge on any atom is -0.466 e. The summed E-state index contributed by atoms with van der Waals surface area (Å²) in [5.41, 5.74) is 1.37. The highest BCUT2D eigenvalue weighted by Gasteiger charge is 2.22. The lowest BCUT2D eigenvalue weighted by molar-refractivity contribution is -0.143. The van der Waals surface area contributed by atoms with Crippen LogP contribution in [0.4, 0.5) is 0 Å². The highest BCUT2D eigenvalue weighted by Crippen LogP contribution is 2.20. The molecular formula is C22H21NO5. The van der Waals surface area contributed by atoms with Crippen molar-refractivity contribution in [2.24, 2.45) is 0 Å². The molecule has 144 valence electrons. The van der Waals surface area contributed by atoms with Crippen molar-refractivity contribution in [3.8, 4) is 0 Å². The normalized spacial score (nSPS) is 11.8. The lowest BCUT2D eigenvalue weighted by Gasteiger charge is -2.18. The lowest BCUT2D eigenvalue weighted by atomic mass is 10.0. The summed E-state index contributed by atoms with van der Waals surface area (Å²) in [5.74, 6) is -1.03. The van der Waals surface area contributed by atoms with Gasteiger partial charge in [0.05, 0.1) is 19.1 Å². The van der Waals surface area contributed by atoms with Crippen LogP contribution in [0.15, 0.2) is 63.8 Å². The third-order valence-corrected chi connectivity index (χ3v) is 4.35. The molecule has 3 aromatic rings. The second-order valence-electron chi connectivity index (χ2n) is 6.43. The van der Waals surface area contributed by atoms with Crippen LogP contribution in [0.1, 0.15) is 40.9 Å². The molecule has 28 heavy (non-hydrogen) atoms. The quantitative estimate of drug-likeness (QED) is 0.523. The zero-order valence-corrected chi connectivity index (χ0v) is 15.7. The second kappa shape index (κ2) is 8.52. The summed E-state index contributed by atoms with van der Waals surface area (Å²) in [6.07, 6.45) is -0.0401. The molecule has 3 rings (SSSR count). The van der Waals surface area contributed by atoms with Gasteiger partial charge in [-0.3, -0.25) is 9.59 Å². The molecule has 0 aliphatic heterocycles. The molecule has 1 amide bonds. The van der Waals surface area contributed by atoms with E-state index < -0.39 is 23.5 Å². The van der Waals surface area contributed by atoms with Gasteiger partial charge in [-0.05, 0) is 31.5 Å². The first kappa shape index (κ1) is 19.4. The molecule has 0 saturated heterocycles. The van der Waals surface area contributed by atoms with Gasteiger partial charge in [-0.1, -0.05) is 48.0 Å². The van der Waals surface area contributed by atoms with Crippen LogP contribution in [0.25, 0.3) is 11.0 Å². The number of benzene rings is 2. The van der Waals surface area contributed by atoms with Crippen molar-refractivity contribution in [2.45, 2.75) is 26.3 Å². The van der Waals surface area contributed by atoms with E-state index in [-0.39, 0.29) is 18.6 Å². The van der Waals surface area contributed by atoms with Crippen LogP contribution >= 0.6 is 0 Å². The van der Waals surface area contributed by atoms with Gasteiger partial charge in [-0.25, -0.2) is 4.79 Å². The van der Waals surface area contributed by atoms with E-state index in [9.17, 15) is 14.4 Å². The van der Waals surface area contributed by atoms with Gasteiger partial charge >= 0.3 is 11.6 Å². The maximum absolute atomic E-state index is 12.8. The molecule has 0 aliphatic carbocycles. The smallest absolute Gasteiger partial charge is 0.349 e. The van der Waals surface area contributed by atoms with Crippen molar-refractivity contribution >= 4 is 22.8 Å². The molecule has 1 heterocycles. The Hall–Kier alpha value is -3.41. The summed E-state index contributed by atoms with van der Waals surface area (Å²) in [6, 6.07) is 15.3. The average Bonchev–Trinajstić information content (AvgIpc) is 2.67. The number of rotatable bonds is 6. The maximum Gasteiger partial charge on any atom is 0.349 e. The van der Waals surface area contributed by atoms with E-state index in [0.717, 1.165) is 11.1 Å². The van der Waals surface area contributed by atoms with E-state index in [2.05, 4.69) is 5.32 Å². The zero-order chi connectivity index (χ0) is 20.1. The summed E-state index contributed by atoms with van der Waals surface area (Å²) in [6.45, 7) is 3.92. The number of carbonyl (C=O) groups excluding carboxylic acids is 2. The highest BCUT2D eigenvalue weighted by molar-refractivity contribution is 5.97. The van der Waals surface area contributed by atoms with E-state index in [1.54, 1.807) is 31.2 Å². The van der Waals surface area contributed by atoms with Gasteiger partial charge < -0.3 is 14.5 Å². The number of esters is 1. The predicted molar refractivity (Wildman–Crippen MR) is 105 cm³/mol. The van der Waals surface area contributed by atoms with Gasteiger partial charge in [0.2, 0.25) is 0 Å². The Morgan fingerprint density at radius 2 is 1.82 bits per heavy atom. The van der Waals surface area contributed by atoms with Gasteiger partial charge in [0.15, 0.2) is 0 Å². The highest BCUT2D eigenvalue weighted by atomic mass is 16.5. The summed E-state index contributed by atoms with van der Waals surface area (Å²) >= 11 is 0. The van der Waals surface area contributed by atoms with Gasteiger partial charge in [0.25, 0.3) is 5.91 Å². The first-order valence-corrected chi connectivity index (χ1v) is 9.04. The van der Waals surface area contributed by atoms with Crippen molar-refractivity contribution in [1.82, 2.24) is 5.32 Å². The Kier molecular flexibility index (Phi) is 5.89. The summed E-state index contributed by atoms with van der Waals surface area (Å²) < 4.78 is 10.2. The Morgan fingerprint density at radius 3 is 2.54 bits per heavy atom. The monoisotopic (exact) mass is 379 g/mol. The van der Waals surface area contributed by atoms with Crippen LogP contribution in [0, 0.1) is 6.92 Å². The average molecular weight is 379 g/mol. The number of aryl methyl sites for hydroxylation is 1. The zero-order valence-electron chi connectivity index (χ0n) is 15.7. The van der Waals surface area contributed by atoms with E-state index in [1.165, 1.54) is 6.07 Å². The SMILES string of the molecule is CCOC(=O)CC(NC(=O)c1cc2ccccc2oc1=O)c1ccc(C)cc1. The first-order valence-electron chi connectivity index (χ1n) is 9.04. The van der Waals surface area contributed by atoms with Crippen molar-refractivity contribution in [2.75, 3.05) is 6.61 Å². The van der Waals surface area contributed by atoms with E-state index >= 15 is 0 Å². The molecule has 0 radical (unpaired) electrons. The standard InChI is InChI=1S/C22H21NO5/c1-3-27-20(24)13-18(15-10-8-14(2)9-11-15)23-21(25)17-12-16-6-4-5-7-19(16)28-22(17)26/h4-12,18H,3,13H2,1-2H3,(H,23,25). The second-order valence-corrected chi connectivity index (χ2v) is 6.43. The van der Waals surface area contributed by atoms with Crippen molar-refractivity contribution < 1.29 is 18.7 Å². The van der Waals surface area contributed by atoms with E-state index in [4.69, 9.17) is 9.15 Å². The van der Waals surface area contributed by atoms with Gasteiger partial charge in [0, 0.05) is 5.39 Å². The first-order chi connectivity index (χ1) is 13.5. The third-order valence-electron chi connectivity index (χ3n) is 4.35. The van der Waals surface area contributed by atoms with Crippen molar-refractivity contribution in [3.05, 3.63) is 81.7 Å². The molecule has 1 aromatic heterocycles. The van der Waals surface area contributed by atoms with Crippen LogP contribution in [0.3, 0.4) is 0 Å². The number of amides is 1. The van der Waals surface area contributed by atoms with Gasteiger partial charge in [0.1, 0.15) is 11.1 Å². The van der Waals surface area contributed by atoms with Gasteiger partial charge in [-0.15, -0.1) is 0 Å². The fourth-order valence-corrected chi connectivity index (χ4v) is 2.89. The number of hydrogen-bond acceptors (Lipinski definition) is 5. The van der Waals surface area contributed by atoms with Gasteiger partial charge in [-0.2, -0.15) is 0 Å². The molecule has 0 bridgehead atoms. The Labute approximate surface area is 162 Å². The molecule has 2 aromatic carbocycles. The predicted octanol–water partition coefficient (Wildman–Crippen LogP) is 3.53. The molecule has 1 unspecified atom stereocenters. The van der Waals surface area contributed by atoms with Crippen LogP contribution in [0.2, 0.25) is 0 Å². The molecule has 0 aliphatic rings. The molecule has 1 N–H and O–H groups in total. The fraction of sp³-hybridized carbons (Fsp3) is 0.227. The van der Waals surface area contributed by atoms with E-state index in [0.29, 0.717) is 11.0 Å². The number of carbonyl (C=O) groups is 2. The fourth-order valence-electron chi connectivity index (χ4n) is 2.89. The number of nitrogens with one attached hydrogen (secondary N) is 1. The van der Waals surface area contributed by atoms with Crippen LogP contribution in [-0.2, 0) is 9.53 Å². The largest absolute Gasteiger partial charge is 0.466 e. The number of para-hydroxylation sites is 1. The Bertz CT molecular complexity index is 1050. The number of ether oxygens (including phenoxy) is 1. The van der Waals surface area contributed by atoms with Crippen molar-refractivity contribution in [3.63, 3.8) is 0 Å². The molecule has 0 spiro atoms. The minimum atomic E-state index is -0.727. The summed E-state index contributed by atoms with van der Waals surface area (Å²) in [4.78, 5) is 37.0. The molecule has 6 nitrogen and oxygen atoms in total. The third kappa shape index (κ3) is 4.46. The summed E-state index contributed by atoms with van der Waals surface area (Å²) in [7, 11) is 0. The molecule has 0 saturated carbocycles. The van der Waals surface area contributed by atoms with E-state index in [1.807, 2.05) is 31.2 Å². The Morgan fingerprint density at radius 1 is 1.11 bits per heavy atom. The molecular weight excluding hydrogens is 358 g/mol. The maximum atomic E-state index is 12.8. The van der Waals surface area contributed by atoms with Crippen LogP contribution < -0.4 is 10.9 Å². The van der Waals surface area contributed by atoms with Crippen LogP contribution in [-0.4, -0.2) is 18.5 Å². The number of hydrogen-bond donors (Lipinski definition) is 1. The topological polar surface area (TPSA) is 85.6 Å². The molecule has 1 atom stereocenters. The lowest BCUT2D eigenvalue weighted by Crippen LogP contribution is -2.33. The number of fused-ring (bicyclic) bond motifs is 1. The summed E-state index contributed by atoms with van der Waals surface area (Å²) in [5, 5.41) is 3.41. The van der Waals surface area contributed by atoms with Crippen LogP contribution in [0.5, 0.6) is 0 Å². The Balaban J connectivity index is 1.90. The minimum absolute atomic E-state index is 0.0401. The molecule has 0 fully saturated rings. The molecule has 6 heteroatoms. The van der Waals surface area contributed by atoms with Crippen molar-refractivity contribution in [1.29, 1.82) is 0 Å².